The Bertz CT molecular complexity index is 1650. The van der Waals surface area contributed by atoms with E-state index in [0.29, 0.717) is 19.4 Å². The summed E-state index contributed by atoms with van der Waals surface area (Å²) in [6, 6.07) is -0.627. The van der Waals surface area contributed by atoms with Gasteiger partial charge in [0.15, 0.2) is 0 Å². The molecule has 3 N–H and O–H groups in total. The number of carbonyl (C=O) groups excluding carboxylic acids is 2. The lowest BCUT2D eigenvalue weighted by atomic mass is 10.0. The summed E-state index contributed by atoms with van der Waals surface area (Å²) in [7, 11) is 0. The van der Waals surface area contributed by atoms with E-state index < -0.39 is 12.1 Å². The van der Waals surface area contributed by atoms with Gasteiger partial charge in [0.2, 0.25) is 5.91 Å². The third-order valence-electron chi connectivity index (χ3n) is 21.3. The Morgan fingerprint density at radius 2 is 0.505 bits per heavy atom. The zero-order valence-corrected chi connectivity index (χ0v) is 67.3. The first kappa shape index (κ1) is 96.8. The van der Waals surface area contributed by atoms with E-state index in [0.717, 1.165) is 51.4 Å². The highest BCUT2D eigenvalue weighted by atomic mass is 16.5. The molecule has 0 aliphatic rings. The Labute approximate surface area is 620 Å². The van der Waals surface area contributed by atoms with Gasteiger partial charge < -0.3 is 20.3 Å². The predicted octanol–water partition coefficient (Wildman–Crippen LogP) is 30.7. The van der Waals surface area contributed by atoms with Gasteiger partial charge in [0.05, 0.1) is 25.4 Å². The summed E-state index contributed by atoms with van der Waals surface area (Å²) < 4.78 is 5.52. The Hall–Kier alpha value is -2.18. The Balaban J connectivity index is 3.35. The number of hydrogen-bond donors (Lipinski definition) is 3. The number of carbonyl (C=O) groups is 2. The van der Waals surface area contributed by atoms with Crippen LogP contribution >= 0.6 is 0 Å². The number of ether oxygens (including phenoxy) is 1. The number of aliphatic hydroxyl groups is 2. The van der Waals surface area contributed by atoms with Crippen LogP contribution in [-0.2, 0) is 14.3 Å². The molecule has 0 radical (unpaired) electrons. The van der Waals surface area contributed by atoms with Crippen molar-refractivity contribution in [3.8, 4) is 0 Å². The second-order valence-electron chi connectivity index (χ2n) is 31.3. The summed E-state index contributed by atoms with van der Waals surface area (Å²) in [4.78, 5) is 24.7. The van der Waals surface area contributed by atoms with Gasteiger partial charge in [-0.05, 0) is 89.9 Å². The van der Waals surface area contributed by atoms with Crippen LogP contribution < -0.4 is 5.32 Å². The van der Waals surface area contributed by atoms with E-state index >= 15 is 0 Å². The molecule has 0 bridgehead atoms. The fraction of sp³-hybridized carbons (Fsp3) is 0.892. The monoisotopic (exact) mass is 1390 g/mol. The first-order valence-electron chi connectivity index (χ1n) is 45.4. The Morgan fingerprint density at radius 3 is 0.788 bits per heavy atom. The SMILES string of the molecule is CCCCCC/C=C\C/C=C\CCCCCCCCCC(=O)OCCCCCCCCCCCCCCCCCCCC/C=C\CCCCCCCCCCCCCCCCCCCC(=O)NC(CO)C(O)/C=C/CCCCCCCCCCCCCCCCCCCCCCCCC. The number of amides is 1. The topological polar surface area (TPSA) is 95.9 Å². The smallest absolute Gasteiger partial charge is 0.305 e. The van der Waals surface area contributed by atoms with Crippen molar-refractivity contribution in [2.75, 3.05) is 13.2 Å². The highest BCUT2D eigenvalue weighted by Gasteiger charge is 2.18. The molecule has 6 heteroatoms. The normalized spacial score (nSPS) is 12.6. The molecule has 0 aliphatic heterocycles. The van der Waals surface area contributed by atoms with E-state index in [-0.39, 0.29) is 18.5 Å². The number of esters is 1. The third kappa shape index (κ3) is 84.6. The van der Waals surface area contributed by atoms with Gasteiger partial charge in [-0.15, -0.1) is 0 Å². The molecule has 0 fully saturated rings. The number of nitrogens with one attached hydrogen (secondary N) is 1. The molecular formula is C93H177NO5. The van der Waals surface area contributed by atoms with Crippen molar-refractivity contribution >= 4 is 11.9 Å². The largest absolute Gasteiger partial charge is 0.466 e. The Kier molecular flexibility index (Phi) is 86.3. The fourth-order valence-electron chi connectivity index (χ4n) is 14.4. The van der Waals surface area contributed by atoms with Crippen molar-refractivity contribution in [1.29, 1.82) is 0 Å². The molecule has 6 nitrogen and oxygen atoms in total. The lowest BCUT2D eigenvalue weighted by Gasteiger charge is -2.20. The van der Waals surface area contributed by atoms with Gasteiger partial charge in [-0.3, -0.25) is 9.59 Å². The first-order chi connectivity index (χ1) is 49.0. The molecule has 584 valence electrons. The molecule has 1 amide bonds. The molecule has 0 spiro atoms. The highest BCUT2D eigenvalue weighted by Crippen LogP contribution is 2.21. The zero-order valence-electron chi connectivity index (χ0n) is 67.3. The van der Waals surface area contributed by atoms with Crippen LogP contribution in [0.4, 0.5) is 0 Å². The van der Waals surface area contributed by atoms with Crippen molar-refractivity contribution < 1.29 is 24.5 Å². The van der Waals surface area contributed by atoms with E-state index in [2.05, 4.69) is 55.6 Å². The molecule has 2 atom stereocenters. The van der Waals surface area contributed by atoms with Crippen LogP contribution in [0.1, 0.15) is 508 Å². The highest BCUT2D eigenvalue weighted by molar-refractivity contribution is 5.76. The van der Waals surface area contributed by atoms with Crippen LogP contribution in [0.25, 0.3) is 0 Å². The molecule has 0 heterocycles. The standard InChI is InChI=1S/C93H177NO5/c1-3-5-7-9-11-13-15-17-19-21-23-24-25-41-44-47-50-53-57-61-65-69-73-77-81-85-91(96)90(89-95)94-92(97)86-82-78-74-70-66-62-58-54-51-48-45-42-39-37-35-33-31-29-27-26-28-30-32-34-36-38-40-43-46-49-52-56-60-64-68-72-76-80-84-88-99-93(98)87-83-79-75-71-67-63-59-55-22-20-18-16-14-12-10-8-6-4-2/h14,16,20,22,26-27,81,85,90-91,95-96H,3-13,15,17-19,21,23-25,28-80,82-84,86-89H2,1-2H3,(H,94,97)/b16-14-,22-20-,27-26-,85-81+. The first-order valence-corrected chi connectivity index (χ1v) is 45.4. The van der Waals surface area contributed by atoms with Gasteiger partial charge in [0.25, 0.3) is 0 Å². The van der Waals surface area contributed by atoms with E-state index in [9.17, 15) is 19.8 Å². The number of aliphatic hydroxyl groups excluding tert-OH is 2. The van der Waals surface area contributed by atoms with Crippen LogP contribution in [0, 0.1) is 0 Å². The van der Waals surface area contributed by atoms with Crippen molar-refractivity contribution in [3.63, 3.8) is 0 Å². The molecule has 2 unspecified atom stereocenters. The van der Waals surface area contributed by atoms with Crippen LogP contribution in [0.3, 0.4) is 0 Å². The second kappa shape index (κ2) is 88.2. The van der Waals surface area contributed by atoms with Crippen molar-refractivity contribution in [2.45, 2.75) is 520 Å². The van der Waals surface area contributed by atoms with E-state index in [4.69, 9.17) is 4.74 Å². The summed E-state index contributed by atoms with van der Waals surface area (Å²) >= 11 is 0. The van der Waals surface area contributed by atoms with Crippen LogP contribution in [0.2, 0.25) is 0 Å². The lowest BCUT2D eigenvalue weighted by molar-refractivity contribution is -0.143. The number of allylic oxidation sites excluding steroid dienone is 7. The maximum atomic E-state index is 12.6. The van der Waals surface area contributed by atoms with Crippen LogP contribution in [0.5, 0.6) is 0 Å². The average molecular weight is 1390 g/mol. The van der Waals surface area contributed by atoms with Gasteiger partial charge >= 0.3 is 5.97 Å². The fourth-order valence-corrected chi connectivity index (χ4v) is 14.4. The van der Waals surface area contributed by atoms with Gasteiger partial charge in [-0.25, -0.2) is 0 Å². The minimum Gasteiger partial charge on any atom is -0.466 e. The molecule has 0 aromatic heterocycles. The number of rotatable bonds is 86. The maximum Gasteiger partial charge on any atom is 0.305 e. The number of hydrogen-bond acceptors (Lipinski definition) is 5. The van der Waals surface area contributed by atoms with E-state index in [1.54, 1.807) is 6.08 Å². The summed E-state index contributed by atoms with van der Waals surface area (Å²) in [6.07, 6.45) is 119. The summed E-state index contributed by atoms with van der Waals surface area (Å²) in [5.41, 5.74) is 0. The molecule has 0 aromatic carbocycles. The van der Waals surface area contributed by atoms with Gasteiger partial charge in [0.1, 0.15) is 0 Å². The zero-order chi connectivity index (χ0) is 71.2. The Morgan fingerprint density at radius 1 is 0.283 bits per heavy atom. The molecule has 0 aromatic rings. The minimum absolute atomic E-state index is 0.0157. The summed E-state index contributed by atoms with van der Waals surface area (Å²) in [5, 5.41) is 23.4. The van der Waals surface area contributed by atoms with E-state index in [1.165, 1.54) is 430 Å². The van der Waals surface area contributed by atoms with Crippen molar-refractivity contribution in [1.82, 2.24) is 5.32 Å². The minimum atomic E-state index is -0.844. The summed E-state index contributed by atoms with van der Waals surface area (Å²) in [6.45, 7) is 4.94. The second-order valence-corrected chi connectivity index (χ2v) is 31.3. The quantitative estimate of drug-likeness (QED) is 0.0320. The van der Waals surface area contributed by atoms with E-state index in [1.807, 2.05) is 6.08 Å². The van der Waals surface area contributed by atoms with Gasteiger partial charge in [-0.1, -0.05) is 454 Å². The molecular weight excluding hydrogens is 1210 g/mol. The summed E-state index contributed by atoms with van der Waals surface area (Å²) in [5.74, 6) is -0.0423. The molecule has 0 aliphatic carbocycles. The van der Waals surface area contributed by atoms with Crippen LogP contribution in [-0.4, -0.2) is 47.4 Å². The molecule has 0 rings (SSSR count). The van der Waals surface area contributed by atoms with Crippen LogP contribution in [0.15, 0.2) is 48.6 Å². The average Bonchev–Trinajstić information content (AvgIpc) is 2.05. The molecule has 0 saturated heterocycles. The number of unbranched alkanes of at least 4 members (excludes halogenated alkanes) is 69. The van der Waals surface area contributed by atoms with Crippen molar-refractivity contribution in [2.24, 2.45) is 0 Å². The van der Waals surface area contributed by atoms with Gasteiger partial charge in [0, 0.05) is 12.8 Å². The molecule has 0 saturated carbocycles. The lowest BCUT2D eigenvalue weighted by Crippen LogP contribution is -2.45. The third-order valence-corrected chi connectivity index (χ3v) is 21.3. The van der Waals surface area contributed by atoms with Gasteiger partial charge in [-0.2, -0.15) is 0 Å². The molecule has 99 heavy (non-hydrogen) atoms. The maximum absolute atomic E-state index is 12.6. The van der Waals surface area contributed by atoms with Crippen molar-refractivity contribution in [3.05, 3.63) is 48.6 Å². The predicted molar refractivity (Wildman–Crippen MR) is 439 cm³/mol.